The van der Waals surface area contributed by atoms with E-state index in [4.69, 9.17) is 11.6 Å². The first-order valence-corrected chi connectivity index (χ1v) is 7.87. The van der Waals surface area contributed by atoms with Crippen LogP contribution in [0.25, 0.3) is 10.6 Å². The van der Waals surface area contributed by atoms with Gasteiger partial charge in [-0.1, -0.05) is 35.1 Å². The van der Waals surface area contributed by atoms with Crippen LogP contribution in [-0.2, 0) is 6.54 Å². The van der Waals surface area contributed by atoms with Crippen LogP contribution >= 0.6 is 38.9 Å². The zero-order chi connectivity index (χ0) is 14.0. The molecule has 2 aromatic rings. The molecular formula is C13H15BrClN3S. The minimum absolute atomic E-state index is 0.0687. The summed E-state index contributed by atoms with van der Waals surface area (Å²) in [5.74, 6) is 0. The summed E-state index contributed by atoms with van der Waals surface area (Å²) < 4.78 is 0.872. The van der Waals surface area contributed by atoms with E-state index in [1.165, 1.54) is 0 Å². The molecule has 2 rings (SSSR count). The van der Waals surface area contributed by atoms with Gasteiger partial charge in [0.25, 0.3) is 0 Å². The lowest BCUT2D eigenvalue weighted by molar-refractivity contribution is 0.423. The molecule has 0 amide bonds. The predicted octanol–water partition coefficient (Wildman–Crippen LogP) is 4.51. The van der Waals surface area contributed by atoms with E-state index in [-0.39, 0.29) is 5.54 Å². The second-order valence-electron chi connectivity index (χ2n) is 5.21. The summed E-state index contributed by atoms with van der Waals surface area (Å²) in [6.07, 6.45) is 0. The van der Waals surface area contributed by atoms with Gasteiger partial charge in [-0.25, -0.2) is 0 Å². The van der Waals surface area contributed by atoms with Gasteiger partial charge < -0.3 is 5.32 Å². The van der Waals surface area contributed by atoms with Crippen molar-refractivity contribution in [2.75, 3.05) is 0 Å². The molecule has 0 radical (unpaired) electrons. The first-order valence-electron chi connectivity index (χ1n) is 5.88. The lowest BCUT2D eigenvalue weighted by atomic mass is 10.1. The monoisotopic (exact) mass is 359 g/mol. The number of halogens is 2. The normalized spacial score (nSPS) is 11.8. The standard InChI is InChI=1S/C13H15BrClN3S/c1-13(2,3)16-7-10-17-18-12(19-10)8-5-4-6-9(14)11(8)15/h4-6,16H,7H2,1-3H3. The van der Waals surface area contributed by atoms with Crippen LogP contribution in [0.1, 0.15) is 25.8 Å². The smallest absolute Gasteiger partial charge is 0.149 e. The van der Waals surface area contributed by atoms with Gasteiger partial charge in [-0.3, -0.25) is 0 Å². The highest BCUT2D eigenvalue weighted by atomic mass is 79.9. The van der Waals surface area contributed by atoms with Crippen LogP contribution in [0.5, 0.6) is 0 Å². The third kappa shape index (κ3) is 3.99. The molecule has 0 bridgehead atoms. The van der Waals surface area contributed by atoms with E-state index in [0.29, 0.717) is 11.6 Å². The Hall–Kier alpha value is -0.490. The van der Waals surface area contributed by atoms with Gasteiger partial charge in [0.1, 0.15) is 10.0 Å². The molecule has 0 aliphatic carbocycles. The minimum Gasteiger partial charge on any atom is -0.306 e. The van der Waals surface area contributed by atoms with E-state index in [1.807, 2.05) is 18.2 Å². The highest BCUT2D eigenvalue weighted by Gasteiger charge is 2.14. The van der Waals surface area contributed by atoms with Crippen LogP contribution in [0, 0.1) is 0 Å². The summed E-state index contributed by atoms with van der Waals surface area (Å²) in [4.78, 5) is 0. The lowest BCUT2D eigenvalue weighted by Crippen LogP contribution is -2.35. The SMILES string of the molecule is CC(C)(C)NCc1nnc(-c2cccc(Br)c2Cl)s1. The molecule has 0 spiro atoms. The van der Waals surface area contributed by atoms with Gasteiger partial charge in [-0.05, 0) is 42.8 Å². The highest BCUT2D eigenvalue weighted by molar-refractivity contribution is 9.10. The van der Waals surface area contributed by atoms with Gasteiger partial charge in [0.2, 0.25) is 0 Å². The van der Waals surface area contributed by atoms with Crippen LogP contribution in [-0.4, -0.2) is 15.7 Å². The fourth-order valence-corrected chi connectivity index (χ4v) is 2.89. The summed E-state index contributed by atoms with van der Waals surface area (Å²) in [6.45, 7) is 7.09. The summed E-state index contributed by atoms with van der Waals surface area (Å²) in [6, 6.07) is 5.81. The van der Waals surface area contributed by atoms with Crippen molar-refractivity contribution in [3.8, 4) is 10.6 Å². The van der Waals surface area contributed by atoms with Crippen LogP contribution in [0.3, 0.4) is 0 Å². The number of hydrogen-bond donors (Lipinski definition) is 1. The zero-order valence-electron chi connectivity index (χ0n) is 11.0. The number of nitrogens with one attached hydrogen (secondary N) is 1. The van der Waals surface area contributed by atoms with Crippen molar-refractivity contribution in [2.24, 2.45) is 0 Å². The van der Waals surface area contributed by atoms with Crippen LogP contribution < -0.4 is 5.32 Å². The van der Waals surface area contributed by atoms with Gasteiger partial charge in [0.05, 0.1) is 11.6 Å². The van der Waals surface area contributed by atoms with Crippen LogP contribution in [0.15, 0.2) is 22.7 Å². The van der Waals surface area contributed by atoms with Crippen molar-refractivity contribution < 1.29 is 0 Å². The average molecular weight is 361 g/mol. The quantitative estimate of drug-likeness (QED) is 0.875. The summed E-state index contributed by atoms with van der Waals surface area (Å²) in [5, 5.41) is 14.3. The number of rotatable bonds is 3. The van der Waals surface area contributed by atoms with Gasteiger partial charge in [0.15, 0.2) is 0 Å². The van der Waals surface area contributed by atoms with E-state index >= 15 is 0 Å². The lowest BCUT2D eigenvalue weighted by Gasteiger charge is -2.19. The fraction of sp³-hybridized carbons (Fsp3) is 0.385. The number of hydrogen-bond acceptors (Lipinski definition) is 4. The predicted molar refractivity (Wildman–Crippen MR) is 84.6 cm³/mol. The molecule has 1 N–H and O–H groups in total. The Kier molecular flexibility index (Phi) is 4.61. The van der Waals surface area contributed by atoms with Crippen molar-refractivity contribution in [3.63, 3.8) is 0 Å². The molecule has 0 saturated carbocycles. The largest absolute Gasteiger partial charge is 0.306 e. The molecule has 0 fully saturated rings. The molecule has 0 unspecified atom stereocenters. The molecule has 1 heterocycles. The van der Waals surface area contributed by atoms with Crippen LogP contribution in [0.4, 0.5) is 0 Å². The maximum absolute atomic E-state index is 6.26. The number of aromatic nitrogens is 2. The maximum Gasteiger partial charge on any atom is 0.149 e. The third-order valence-electron chi connectivity index (χ3n) is 2.42. The molecule has 102 valence electrons. The molecule has 0 atom stereocenters. The third-order valence-corrected chi connectivity index (χ3v) is 4.67. The Morgan fingerprint density at radius 1 is 1.32 bits per heavy atom. The molecule has 1 aromatic heterocycles. The minimum atomic E-state index is 0.0687. The van der Waals surface area contributed by atoms with Crippen LogP contribution in [0.2, 0.25) is 5.02 Å². The van der Waals surface area contributed by atoms with Gasteiger partial charge in [-0.15, -0.1) is 10.2 Å². The Morgan fingerprint density at radius 2 is 2.05 bits per heavy atom. The molecule has 0 aliphatic heterocycles. The van der Waals surface area contributed by atoms with Crippen molar-refractivity contribution in [1.29, 1.82) is 0 Å². The average Bonchev–Trinajstić information content (AvgIpc) is 2.78. The summed E-state index contributed by atoms with van der Waals surface area (Å²) in [7, 11) is 0. The second-order valence-corrected chi connectivity index (χ2v) is 7.50. The summed E-state index contributed by atoms with van der Waals surface area (Å²) in [5.41, 5.74) is 0.981. The molecule has 0 aliphatic rings. The van der Waals surface area contributed by atoms with Crippen molar-refractivity contribution in [2.45, 2.75) is 32.9 Å². The van der Waals surface area contributed by atoms with Gasteiger partial charge in [-0.2, -0.15) is 0 Å². The topological polar surface area (TPSA) is 37.8 Å². The van der Waals surface area contributed by atoms with Gasteiger partial charge in [0, 0.05) is 15.6 Å². The van der Waals surface area contributed by atoms with E-state index < -0.39 is 0 Å². The Labute approximate surface area is 130 Å². The van der Waals surface area contributed by atoms with E-state index in [9.17, 15) is 0 Å². The molecule has 3 nitrogen and oxygen atoms in total. The highest BCUT2D eigenvalue weighted by Crippen LogP contribution is 2.34. The molecule has 19 heavy (non-hydrogen) atoms. The Morgan fingerprint density at radius 3 is 2.74 bits per heavy atom. The molecule has 1 aromatic carbocycles. The molecule has 6 heteroatoms. The van der Waals surface area contributed by atoms with E-state index in [0.717, 1.165) is 20.1 Å². The first-order chi connectivity index (χ1) is 8.87. The van der Waals surface area contributed by atoms with Crippen molar-refractivity contribution in [1.82, 2.24) is 15.5 Å². The molecule has 0 saturated heterocycles. The maximum atomic E-state index is 6.26. The van der Waals surface area contributed by atoms with Crippen molar-refractivity contribution >= 4 is 38.9 Å². The number of nitrogens with zero attached hydrogens (tertiary/aromatic N) is 2. The first kappa shape index (κ1) is 14.9. The second kappa shape index (κ2) is 5.87. The fourth-order valence-electron chi connectivity index (χ4n) is 1.44. The Balaban J connectivity index is 2.19. The Bertz CT molecular complexity index is 578. The van der Waals surface area contributed by atoms with Crippen molar-refractivity contribution in [3.05, 3.63) is 32.7 Å². The zero-order valence-corrected chi connectivity index (χ0v) is 14.2. The molecular weight excluding hydrogens is 346 g/mol. The summed E-state index contributed by atoms with van der Waals surface area (Å²) >= 11 is 11.2. The van der Waals surface area contributed by atoms with E-state index in [2.05, 4.69) is 52.2 Å². The number of benzene rings is 1. The van der Waals surface area contributed by atoms with Gasteiger partial charge >= 0.3 is 0 Å². The van der Waals surface area contributed by atoms with E-state index in [1.54, 1.807) is 11.3 Å².